The van der Waals surface area contributed by atoms with Gasteiger partial charge in [-0.05, 0) is 61.4 Å². The van der Waals surface area contributed by atoms with Gasteiger partial charge in [0.15, 0.2) is 16.6 Å². The molecule has 1 aliphatic heterocycles. The van der Waals surface area contributed by atoms with E-state index in [9.17, 15) is 4.79 Å². The lowest BCUT2D eigenvalue weighted by atomic mass is 10.1. The Hall–Kier alpha value is -3.38. The SMILES string of the molecule is Cc1ccc(N(C(=O)C2COc3ccccc3O2)c2nc3ccccc3s2)cc1C. The number of nitrogens with zero attached hydrogens (tertiary/aromatic N) is 2. The molecule has 0 spiro atoms. The third kappa shape index (κ3) is 3.29. The maximum absolute atomic E-state index is 13.7. The topological polar surface area (TPSA) is 51.7 Å². The molecule has 1 unspecified atom stereocenters. The van der Waals surface area contributed by atoms with Gasteiger partial charge in [-0.15, -0.1) is 0 Å². The Morgan fingerprint density at radius 1 is 1.00 bits per heavy atom. The van der Waals surface area contributed by atoms with Gasteiger partial charge < -0.3 is 9.47 Å². The zero-order chi connectivity index (χ0) is 20.7. The number of ether oxygens (including phenoxy) is 2. The summed E-state index contributed by atoms with van der Waals surface area (Å²) >= 11 is 1.49. The first kappa shape index (κ1) is 18.6. The van der Waals surface area contributed by atoms with E-state index < -0.39 is 6.10 Å². The van der Waals surface area contributed by atoms with Crippen LogP contribution >= 0.6 is 11.3 Å². The summed E-state index contributed by atoms with van der Waals surface area (Å²) < 4.78 is 12.8. The molecule has 5 rings (SSSR count). The maximum atomic E-state index is 13.7. The molecule has 5 nitrogen and oxygen atoms in total. The maximum Gasteiger partial charge on any atom is 0.278 e. The molecule has 1 aliphatic rings. The number of amides is 1. The summed E-state index contributed by atoms with van der Waals surface area (Å²) in [5.74, 6) is 1.03. The van der Waals surface area contributed by atoms with E-state index >= 15 is 0 Å². The Labute approximate surface area is 178 Å². The average molecular weight is 417 g/mol. The molecule has 0 saturated heterocycles. The fourth-order valence-electron chi connectivity index (χ4n) is 3.44. The first-order valence-electron chi connectivity index (χ1n) is 9.75. The van der Waals surface area contributed by atoms with Gasteiger partial charge in [0, 0.05) is 0 Å². The van der Waals surface area contributed by atoms with E-state index in [2.05, 4.69) is 6.92 Å². The highest BCUT2D eigenvalue weighted by Crippen LogP contribution is 2.37. The van der Waals surface area contributed by atoms with Gasteiger partial charge in [0.1, 0.15) is 6.61 Å². The van der Waals surface area contributed by atoms with E-state index in [0.29, 0.717) is 16.6 Å². The van der Waals surface area contributed by atoms with Crippen molar-refractivity contribution >= 4 is 38.3 Å². The molecule has 0 fully saturated rings. The number of para-hydroxylation sites is 3. The number of aromatic nitrogens is 1. The molecule has 3 aromatic carbocycles. The molecule has 0 bridgehead atoms. The molecule has 0 saturated carbocycles. The van der Waals surface area contributed by atoms with Crippen LogP contribution in [0.1, 0.15) is 11.1 Å². The fraction of sp³-hybridized carbons (Fsp3) is 0.167. The van der Waals surface area contributed by atoms with Crippen LogP contribution in [-0.2, 0) is 4.79 Å². The van der Waals surface area contributed by atoms with Gasteiger partial charge in [0.2, 0.25) is 6.10 Å². The smallest absolute Gasteiger partial charge is 0.278 e. The Morgan fingerprint density at radius 2 is 1.77 bits per heavy atom. The van der Waals surface area contributed by atoms with Crippen molar-refractivity contribution in [3.63, 3.8) is 0 Å². The molecular weight excluding hydrogens is 396 g/mol. The number of carbonyl (C=O) groups excluding carboxylic acids is 1. The molecule has 2 heterocycles. The van der Waals surface area contributed by atoms with Crippen LogP contribution in [0.4, 0.5) is 10.8 Å². The first-order valence-corrected chi connectivity index (χ1v) is 10.6. The van der Waals surface area contributed by atoms with Crippen LogP contribution < -0.4 is 14.4 Å². The second-order valence-corrected chi connectivity index (χ2v) is 8.28. The average Bonchev–Trinajstić information content (AvgIpc) is 3.19. The molecule has 0 N–H and O–H groups in total. The zero-order valence-corrected chi connectivity index (χ0v) is 17.5. The summed E-state index contributed by atoms with van der Waals surface area (Å²) in [6, 6.07) is 21.3. The monoisotopic (exact) mass is 416 g/mol. The summed E-state index contributed by atoms with van der Waals surface area (Å²) in [5.41, 5.74) is 3.91. The van der Waals surface area contributed by atoms with Gasteiger partial charge in [-0.1, -0.05) is 41.7 Å². The largest absolute Gasteiger partial charge is 0.485 e. The van der Waals surface area contributed by atoms with E-state index in [-0.39, 0.29) is 12.5 Å². The lowest BCUT2D eigenvalue weighted by Crippen LogP contribution is -2.44. The number of hydrogen-bond acceptors (Lipinski definition) is 5. The van der Waals surface area contributed by atoms with Crippen LogP contribution in [0.3, 0.4) is 0 Å². The van der Waals surface area contributed by atoms with E-state index in [1.807, 2.05) is 73.7 Å². The number of thiazole rings is 1. The first-order chi connectivity index (χ1) is 14.6. The van der Waals surface area contributed by atoms with Crippen LogP contribution in [0, 0.1) is 13.8 Å². The number of hydrogen-bond donors (Lipinski definition) is 0. The van der Waals surface area contributed by atoms with E-state index in [0.717, 1.165) is 21.5 Å². The van der Waals surface area contributed by atoms with Gasteiger partial charge in [-0.3, -0.25) is 9.69 Å². The highest BCUT2D eigenvalue weighted by atomic mass is 32.1. The third-order valence-corrected chi connectivity index (χ3v) is 6.25. The summed E-state index contributed by atoms with van der Waals surface area (Å²) in [7, 11) is 0. The second kappa shape index (κ2) is 7.46. The van der Waals surface area contributed by atoms with Crippen molar-refractivity contribution in [3.05, 3.63) is 77.9 Å². The molecule has 0 aliphatic carbocycles. The zero-order valence-electron chi connectivity index (χ0n) is 16.7. The molecule has 0 radical (unpaired) electrons. The quantitative estimate of drug-likeness (QED) is 0.448. The molecule has 4 aromatic rings. The van der Waals surface area contributed by atoms with Crippen molar-refractivity contribution in [2.75, 3.05) is 11.5 Å². The van der Waals surface area contributed by atoms with Crippen molar-refractivity contribution in [3.8, 4) is 11.5 Å². The number of fused-ring (bicyclic) bond motifs is 2. The second-order valence-electron chi connectivity index (χ2n) is 7.27. The lowest BCUT2D eigenvalue weighted by molar-refractivity contribution is -0.126. The number of anilines is 2. The van der Waals surface area contributed by atoms with E-state index in [4.69, 9.17) is 14.5 Å². The molecule has 1 aromatic heterocycles. The molecule has 1 atom stereocenters. The van der Waals surface area contributed by atoms with Crippen molar-refractivity contribution in [2.24, 2.45) is 0 Å². The Balaban J connectivity index is 1.57. The number of carbonyl (C=O) groups is 1. The highest BCUT2D eigenvalue weighted by Gasteiger charge is 2.34. The van der Waals surface area contributed by atoms with Gasteiger partial charge in [-0.2, -0.15) is 0 Å². The summed E-state index contributed by atoms with van der Waals surface area (Å²) in [4.78, 5) is 20.1. The van der Waals surface area contributed by atoms with Crippen LogP contribution in [0.15, 0.2) is 66.7 Å². The van der Waals surface area contributed by atoms with Crippen molar-refractivity contribution in [1.29, 1.82) is 0 Å². The minimum Gasteiger partial charge on any atom is -0.485 e. The van der Waals surface area contributed by atoms with Crippen LogP contribution in [0.2, 0.25) is 0 Å². The summed E-state index contributed by atoms with van der Waals surface area (Å²) in [6.45, 7) is 4.25. The number of rotatable bonds is 3. The Morgan fingerprint density at radius 3 is 2.57 bits per heavy atom. The fourth-order valence-corrected chi connectivity index (χ4v) is 4.43. The Bertz CT molecular complexity index is 1220. The number of aryl methyl sites for hydroxylation is 2. The summed E-state index contributed by atoms with van der Waals surface area (Å²) in [5, 5.41) is 0.618. The van der Waals surface area contributed by atoms with Crippen LogP contribution in [-0.4, -0.2) is 23.6 Å². The molecular formula is C24H20N2O3S. The minimum atomic E-state index is -0.756. The highest BCUT2D eigenvalue weighted by molar-refractivity contribution is 7.22. The Kier molecular flexibility index (Phi) is 4.64. The predicted octanol–water partition coefficient (Wildman–Crippen LogP) is 5.42. The van der Waals surface area contributed by atoms with Crippen molar-refractivity contribution < 1.29 is 14.3 Å². The van der Waals surface area contributed by atoms with Crippen molar-refractivity contribution in [2.45, 2.75) is 20.0 Å². The van der Waals surface area contributed by atoms with Gasteiger partial charge >= 0.3 is 0 Å². The van der Waals surface area contributed by atoms with Gasteiger partial charge in [-0.25, -0.2) is 4.98 Å². The normalized spacial score (nSPS) is 15.2. The standard InChI is InChI=1S/C24H20N2O3S/c1-15-11-12-17(13-16(15)2)26(24-25-18-7-3-6-10-22(18)30-24)23(27)21-14-28-19-8-4-5-9-20(19)29-21/h3-13,21H,14H2,1-2H3. The molecule has 150 valence electrons. The van der Waals surface area contributed by atoms with E-state index in [1.165, 1.54) is 16.9 Å². The van der Waals surface area contributed by atoms with Crippen LogP contribution in [0.25, 0.3) is 10.2 Å². The molecule has 6 heteroatoms. The number of benzene rings is 3. The van der Waals surface area contributed by atoms with E-state index in [1.54, 1.807) is 4.90 Å². The van der Waals surface area contributed by atoms with Crippen LogP contribution in [0.5, 0.6) is 11.5 Å². The van der Waals surface area contributed by atoms with Gasteiger partial charge in [0.05, 0.1) is 15.9 Å². The molecule has 30 heavy (non-hydrogen) atoms. The molecule has 1 amide bonds. The lowest BCUT2D eigenvalue weighted by Gasteiger charge is -2.29. The van der Waals surface area contributed by atoms with Crippen molar-refractivity contribution in [1.82, 2.24) is 4.98 Å². The summed E-state index contributed by atoms with van der Waals surface area (Å²) in [6.07, 6.45) is -0.756. The third-order valence-electron chi connectivity index (χ3n) is 5.23. The minimum absolute atomic E-state index is 0.155. The predicted molar refractivity (Wildman–Crippen MR) is 119 cm³/mol. The van der Waals surface area contributed by atoms with Gasteiger partial charge in [0.25, 0.3) is 5.91 Å².